The summed E-state index contributed by atoms with van der Waals surface area (Å²) in [7, 11) is 1.48. The lowest BCUT2D eigenvalue weighted by Gasteiger charge is -2.12. The predicted molar refractivity (Wildman–Crippen MR) is 127 cm³/mol. The SMILES string of the molecule is COc1ccc(/C=C/C(=O)Nc2ccc(C)cc2N)cc1OCC(=O)Nc1cccc(F)c1. The molecule has 0 aliphatic heterocycles. The summed E-state index contributed by atoms with van der Waals surface area (Å²) in [5.74, 6) is -0.527. The molecule has 0 saturated heterocycles. The maximum atomic E-state index is 13.3. The highest BCUT2D eigenvalue weighted by molar-refractivity contribution is 6.03. The molecular weight excluding hydrogens is 425 g/mol. The molecule has 7 nitrogen and oxygen atoms in total. The molecule has 0 saturated carbocycles. The molecule has 0 fully saturated rings. The molecule has 0 unspecified atom stereocenters. The van der Waals surface area contributed by atoms with E-state index in [1.54, 1.807) is 42.5 Å². The molecule has 2 amide bonds. The Morgan fingerprint density at radius 1 is 1.03 bits per heavy atom. The Kier molecular flexibility index (Phi) is 7.64. The molecule has 0 atom stereocenters. The van der Waals surface area contributed by atoms with E-state index in [1.165, 1.54) is 31.4 Å². The number of hydrogen-bond acceptors (Lipinski definition) is 5. The Hall–Kier alpha value is -4.33. The van der Waals surface area contributed by atoms with E-state index in [0.29, 0.717) is 34.1 Å². The molecule has 33 heavy (non-hydrogen) atoms. The van der Waals surface area contributed by atoms with Gasteiger partial charge in [-0.25, -0.2) is 4.39 Å². The number of carbonyl (C=O) groups is 2. The summed E-state index contributed by atoms with van der Waals surface area (Å²) in [6.45, 7) is 1.60. The van der Waals surface area contributed by atoms with Gasteiger partial charge in [-0.3, -0.25) is 9.59 Å². The van der Waals surface area contributed by atoms with Crippen LogP contribution >= 0.6 is 0 Å². The average Bonchev–Trinajstić information content (AvgIpc) is 2.78. The van der Waals surface area contributed by atoms with Crippen LogP contribution in [0.4, 0.5) is 21.5 Å². The molecule has 0 spiro atoms. The van der Waals surface area contributed by atoms with Crippen molar-refractivity contribution in [2.45, 2.75) is 6.92 Å². The number of carbonyl (C=O) groups excluding carboxylic acids is 2. The standard InChI is InChI=1S/C25H24FN3O4/c1-16-6-9-21(20(27)12-16)29-24(30)11-8-17-7-10-22(32-2)23(13-17)33-15-25(31)28-19-5-3-4-18(26)14-19/h3-14H,15,27H2,1-2H3,(H,28,31)(H,29,30)/b11-8+. The van der Waals surface area contributed by atoms with Gasteiger partial charge in [0, 0.05) is 11.8 Å². The van der Waals surface area contributed by atoms with Crippen LogP contribution in [-0.2, 0) is 9.59 Å². The normalized spacial score (nSPS) is 10.6. The number of rotatable bonds is 8. The lowest BCUT2D eigenvalue weighted by Crippen LogP contribution is -2.20. The molecular formula is C25H24FN3O4. The Balaban J connectivity index is 1.63. The zero-order valence-corrected chi connectivity index (χ0v) is 18.2. The molecule has 0 aliphatic carbocycles. The average molecular weight is 449 g/mol. The van der Waals surface area contributed by atoms with Gasteiger partial charge < -0.3 is 25.8 Å². The summed E-state index contributed by atoms with van der Waals surface area (Å²) in [5, 5.41) is 5.28. The van der Waals surface area contributed by atoms with Crippen LogP contribution in [0.15, 0.2) is 66.7 Å². The van der Waals surface area contributed by atoms with Gasteiger partial charge in [0.05, 0.1) is 18.5 Å². The number of halogens is 1. The highest BCUT2D eigenvalue weighted by Gasteiger charge is 2.10. The molecule has 4 N–H and O–H groups in total. The number of nitrogens with two attached hydrogens (primary N) is 1. The van der Waals surface area contributed by atoms with Gasteiger partial charge in [0.15, 0.2) is 18.1 Å². The largest absolute Gasteiger partial charge is 0.493 e. The second-order valence-electron chi connectivity index (χ2n) is 7.17. The van der Waals surface area contributed by atoms with Crippen LogP contribution in [0.1, 0.15) is 11.1 Å². The van der Waals surface area contributed by atoms with Crippen molar-refractivity contribution in [3.8, 4) is 11.5 Å². The van der Waals surface area contributed by atoms with Crippen LogP contribution in [0.3, 0.4) is 0 Å². The Labute approximate surface area is 191 Å². The molecule has 3 aromatic rings. The van der Waals surface area contributed by atoms with Crippen molar-refractivity contribution in [1.82, 2.24) is 0 Å². The molecule has 0 aliphatic rings. The number of ether oxygens (including phenoxy) is 2. The third-order valence-electron chi connectivity index (χ3n) is 4.55. The Bertz CT molecular complexity index is 1190. The number of methoxy groups -OCH3 is 1. The minimum absolute atomic E-state index is 0.312. The van der Waals surface area contributed by atoms with Gasteiger partial charge in [-0.15, -0.1) is 0 Å². The van der Waals surface area contributed by atoms with E-state index < -0.39 is 11.7 Å². The summed E-state index contributed by atoms with van der Waals surface area (Å²) in [6.07, 6.45) is 2.96. The number of anilines is 3. The van der Waals surface area contributed by atoms with Crippen molar-refractivity contribution in [2.24, 2.45) is 0 Å². The topological polar surface area (TPSA) is 103 Å². The molecule has 3 aromatic carbocycles. The predicted octanol–water partition coefficient (Wildman–Crippen LogP) is 4.39. The minimum Gasteiger partial charge on any atom is -0.493 e. The maximum Gasteiger partial charge on any atom is 0.262 e. The van der Waals surface area contributed by atoms with E-state index in [2.05, 4.69) is 10.6 Å². The number of nitrogens with one attached hydrogen (secondary N) is 2. The van der Waals surface area contributed by atoms with Gasteiger partial charge in [0.1, 0.15) is 5.82 Å². The summed E-state index contributed by atoms with van der Waals surface area (Å²) in [5.41, 5.74) is 8.91. The monoisotopic (exact) mass is 449 g/mol. The van der Waals surface area contributed by atoms with Crippen LogP contribution in [0, 0.1) is 12.7 Å². The van der Waals surface area contributed by atoms with E-state index in [-0.39, 0.29) is 12.5 Å². The quantitative estimate of drug-likeness (QED) is 0.350. The molecule has 3 rings (SSSR count). The van der Waals surface area contributed by atoms with Crippen LogP contribution in [0.25, 0.3) is 6.08 Å². The summed E-state index contributed by atoms with van der Waals surface area (Å²) in [4.78, 5) is 24.4. The van der Waals surface area contributed by atoms with Gasteiger partial charge in [0.2, 0.25) is 5.91 Å². The van der Waals surface area contributed by atoms with Crippen LogP contribution < -0.4 is 25.8 Å². The van der Waals surface area contributed by atoms with E-state index >= 15 is 0 Å². The first kappa shape index (κ1) is 23.3. The van der Waals surface area contributed by atoms with E-state index in [9.17, 15) is 14.0 Å². The zero-order chi connectivity index (χ0) is 23.8. The maximum absolute atomic E-state index is 13.3. The number of benzene rings is 3. The third kappa shape index (κ3) is 6.83. The first-order chi connectivity index (χ1) is 15.8. The molecule has 0 bridgehead atoms. The fraction of sp³-hybridized carbons (Fsp3) is 0.120. The summed E-state index contributed by atoms with van der Waals surface area (Å²) in [6, 6.07) is 16.0. The second kappa shape index (κ2) is 10.8. The Morgan fingerprint density at radius 2 is 1.85 bits per heavy atom. The third-order valence-corrected chi connectivity index (χ3v) is 4.55. The summed E-state index contributed by atoms with van der Waals surface area (Å²) >= 11 is 0. The lowest BCUT2D eigenvalue weighted by atomic mass is 10.1. The van der Waals surface area contributed by atoms with Crippen LogP contribution in [0.5, 0.6) is 11.5 Å². The first-order valence-corrected chi connectivity index (χ1v) is 10.1. The second-order valence-corrected chi connectivity index (χ2v) is 7.17. The van der Waals surface area contributed by atoms with Gasteiger partial charge in [-0.1, -0.05) is 18.2 Å². The first-order valence-electron chi connectivity index (χ1n) is 10.1. The molecule has 0 heterocycles. The molecule has 0 aromatic heterocycles. The van der Waals surface area contributed by atoms with Crippen molar-refractivity contribution in [1.29, 1.82) is 0 Å². The number of amides is 2. The van der Waals surface area contributed by atoms with Crippen molar-refractivity contribution in [3.63, 3.8) is 0 Å². The van der Waals surface area contributed by atoms with Crippen molar-refractivity contribution in [2.75, 3.05) is 30.1 Å². The van der Waals surface area contributed by atoms with E-state index in [4.69, 9.17) is 15.2 Å². The Morgan fingerprint density at radius 3 is 2.58 bits per heavy atom. The smallest absolute Gasteiger partial charge is 0.262 e. The fourth-order valence-corrected chi connectivity index (χ4v) is 2.96. The number of hydrogen-bond donors (Lipinski definition) is 3. The number of aryl methyl sites for hydroxylation is 1. The molecule has 170 valence electrons. The van der Waals surface area contributed by atoms with E-state index in [0.717, 1.165) is 5.56 Å². The van der Waals surface area contributed by atoms with Crippen molar-refractivity contribution >= 4 is 35.0 Å². The molecule has 0 radical (unpaired) electrons. The zero-order valence-electron chi connectivity index (χ0n) is 18.2. The molecule has 8 heteroatoms. The van der Waals surface area contributed by atoms with Crippen LogP contribution in [0.2, 0.25) is 0 Å². The van der Waals surface area contributed by atoms with Gasteiger partial charge in [0.25, 0.3) is 5.91 Å². The van der Waals surface area contributed by atoms with Crippen LogP contribution in [-0.4, -0.2) is 25.5 Å². The number of nitrogen functional groups attached to an aromatic ring is 1. The van der Waals surface area contributed by atoms with E-state index in [1.807, 2.05) is 13.0 Å². The van der Waals surface area contributed by atoms with Gasteiger partial charge in [-0.05, 0) is 66.6 Å². The van der Waals surface area contributed by atoms with Gasteiger partial charge >= 0.3 is 0 Å². The highest BCUT2D eigenvalue weighted by atomic mass is 19.1. The lowest BCUT2D eigenvalue weighted by molar-refractivity contribution is -0.118. The summed E-state index contributed by atoms with van der Waals surface area (Å²) < 4.78 is 24.1. The fourth-order valence-electron chi connectivity index (χ4n) is 2.96. The van der Waals surface area contributed by atoms with Crippen molar-refractivity contribution in [3.05, 3.63) is 83.7 Å². The minimum atomic E-state index is -0.460. The van der Waals surface area contributed by atoms with Gasteiger partial charge in [-0.2, -0.15) is 0 Å². The van der Waals surface area contributed by atoms with Crippen molar-refractivity contribution < 1.29 is 23.5 Å². The highest BCUT2D eigenvalue weighted by Crippen LogP contribution is 2.28.